The molecule has 0 aliphatic rings. The number of ether oxygens (including phenoxy) is 1. The lowest BCUT2D eigenvalue weighted by atomic mass is 10.1. The lowest BCUT2D eigenvalue weighted by molar-refractivity contribution is 0.0950. The number of hydrogen-bond donors (Lipinski definition) is 2. The number of benzene rings is 2. The first-order valence-corrected chi connectivity index (χ1v) is 8.75. The first-order valence-electron chi connectivity index (χ1n) is 8.75. The first-order chi connectivity index (χ1) is 13.0. The summed E-state index contributed by atoms with van der Waals surface area (Å²) in [4.78, 5) is 16.7. The molecule has 0 atom stereocenters. The highest BCUT2D eigenvalue weighted by molar-refractivity contribution is 5.94. The Morgan fingerprint density at radius 1 is 1.04 bits per heavy atom. The van der Waals surface area contributed by atoms with Gasteiger partial charge in [-0.25, -0.2) is 0 Å². The van der Waals surface area contributed by atoms with E-state index in [0.29, 0.717) is 12.1 Å². The number of amides is 1. The summed E-state index contributed by atoms with van der Waals surface area (Å²) in [5.41, 5.74) is 5.60. The van der Waals surface area contributed by atoms with Gasteiger partial charge in [-0.3, -0.25) is 9.78 Å². The van der Waals surface area contributed by atoms with Gasteiger partial charge in [-0.05, 0) is 54.8 Å². The van der Waals surface area contributed by atoms with Gasteiger partial charge >= 0.3 is 0 Å². The van der Waals surface area contributed by atoms with E-state index in [1.807, 2.05) is 38.1 Å². The molecule has 2 aromatic carbocycles. The molecule has 1 heterocycles. The molecule has 5 nitrogen and oxygen atoms in total. The van der Waals surface area contributed by atoms with Gasteiger partial charge in [0.2, 0.25) is 0 Å². The maximum Gasteiger partial charge on any atom is 0.253 e. The average Bonchev–Trinajstić information content (AvgIpc) is 2.69. The van der Waals surface area contributed by atoms with Crippen LogP contribution in [0.15, 0.2) is 60.9 Å². The van der Waals surface area contributed by atoms with Crippen LogP contribution in [-0.2, 0) is 6.54 Å². The van der Waals surface area contributed by atoms with Gasteiger partial charge in [-0.15, -0.1) is 0 Å². The molecule has 5 heteroatoms. The smallest absolute Gasteiger partial charge is 0.253 e. The van der Waals surface area contributed by atoms with E-state index in [2.05, 4.69) is 33.8 Å². The fourth-order valence-electron chi connectivity index (χ4n) is 2.69. The second kappa shape index (κ2) is 8.36. The van der Waals surface area contributed by atoms with Crippen LogP contribution in [0.3, 0.4) is 0 Å². The summed E-state index contributed by atoms with van der Waals surface area (Å²) in [6, 6.07) is 15.6. The average molecular weight is 361 g/mol. The van der Waals surface area contributed by atoms with Crippen LogP contribution < -0.4 is 15.4 Å². The molecule has 1 aromatic heterocycles. The van der Waals surface area contributed by atoms with Crippen LogP contribution in [0.1, 0.15) is 27.0 Å². The van der Waals surface area contributed by atoms with Crippen LogP contribution >= 0.6 is 0 Å². The fraction of sp³-hybridized carbons (Fsp3) is 0.182. The van der Waals surface area contributed by atoms with Crippen molar-refractivity contribution in [2.45, 2.75) is 20.4 Å². The lowest BCUT2D eigenvalue weighted by Crippen LogP contribution is -2.23. The third kappa shape index (κ3) is 4.85. The molecule has 0 aliphatic carbocycles. The minimum atomic E-state index is -0.164. The SMILES string of the molecule is COc1ccc(CNC(=O)c2cncc(Nc3cc(C)ccc3C)c2)cc1. The van der Waals surface area contributed by atoms with Crippen LogP contribution in [0.25, 0.3) is 0 Å². The van der Waals surface area contributed by atoms with Crippen molar-refractivity contribution >= 4 is 17.3 Å². The monoisotopic (exact) mass is 361 g/mol. The van der Waals surface area contributed by atoms with Crippen LogP contribution in [0.2, 0.25) is 0 Å². The van der Waals surface area contributed by atoms with Crippen molar-refractivity contribution in [3.8, 4) is 5.75 Å². The summed E-state index contributed by atoms with van der Waals surface area (Å²) in [6.07, 6.45) is 3.28. The van der Waals surface area contributed by atoms with Gasteiger partial charge in [0, 0.05) is 18.4 Å². The highest BCUT2D eigenvalue weighted by Crippen LogP contribution is 2.22. The highest BCUT2D eigenvalue weighted by Gasteiger charge is 2.08. The minimum absolute atomic E-state index is 0.164. The Morgan fingerprint density at radius 2 is 1.81 bits per heavy atom. The Bertz CT molecular complexity index is 937. The van der Waals surface area contributed by atoms with Gasteiger partial charge in [0.05, 0.1) is 24.6 Å². The summed E-state index contributed by atoms with van der Waals surface area (Å²) in [5.74, 6) is 0.627. The molecule has 3 rings (SSSR count). The second-order valence-corrected chi connectivity index (χ2v) is 6.44. The molecule has 0 bridgehead atoms. The van der Waals surface area contributed by atoms with Gasteiger partial charge in [0.15, 0.2) is 0 Å². The van der Waals surface area contributed by atoms with Gasteiger partial charge in [0.25, 0.3) is 5.91 Å². The Labute approximate surface area is 159 Å². The number of carbonyl (C=O) groups is 1. The molecular weight excluding hydrogens is 338 g/mol. The Morgan fingerprint density at radius 3 is 2.56 bits per heavy atom. The summed E-state index contributed by atoms with van der Waals surface area (Å²) < 4.78 is 5.14. The Kier molecular flexibility index (Phi) is 5.71. The van der Waals surface area contributed by atoms with E-state index >= 15 is 0 Å². The van der Waals surface area contributed by atoms with Crippen molar-refractivity contribution in [1.82, 2.24) is 10.3 Å². The van der Waals surface area contributed by atoms with E-state index in [1.165, 1.54) is 5.56 Å². The normalized spacial score (nSPS) is 10.3. The lowest BCUT2D eigenvalue weighted by Gasteiger charge is -2.11. The molecular formula is C22H23N3O2. The van der Waals surface area contributed by atoms with Crippen LogP contribution in [0.4, 0.5) is 11.4 Å². The van der Waals surface area contributed by atoms with Crippen LogP contribution in [-0.4, -0.2) is 18.0 Å². The molecule has 1 amide bonds. The molecule has 27 heavy (non-hydrogen) atoms. The zero-order valence-corrected chi connectivity index (χ0v) is 15.7. The number of aromatic nitrogens is 1. The molecule has 2 N–H and O–H groups in total. The predicted molar refractivity (Wildman–Crippen MR) is 108 cm³/mol. The van der Waals surface area contributed by atoms with Gasteiger partial charge in [0.1, 0.15) is 5.75 Å². The third-order valence-electron chi connectivity index (χ3n) is 4.28. The number of anilines is 2. The number of methoxy groups -OCH3 is 1. The Balaban J connectivity index is 1.66. The van der Waals surface area contributed by atoms with Crippen LogP contribution in [0.5, 0.6) is 5.75 Å². The number of carbonyl (C=O) groups excluding carboxylic acids is 1. The maximum absolute atomic E-state index is 12.5. The molecule has 0 unspecified atom stereocenters. The second-order valence-electron chi connectivity index (χ2n) is 6.44. The third-order valence-corrected chi connectivity index (χ3v) is 4.28. The molecule has 0 saturated carbocycles. The molecule has 3 aromatic rings. The van der Waals surface area contributed by atoms with Crippen molar-refractivity contribution in [3.05, 3.63) is 83.2 Å². The number of nitrogens with one attached hydrogen (secondary N) is 2. The van der Waals surface area contributed by atoms with E-state index in [-0.39, 0.29) is 5.91 Å². The fourth-order valence-corrected chi connectivity index (χ4v) is 2.69. The van der Waals surface area contributed by atoms with E-state index < -0.39 is 0 Å². The van der Waals surface area contributed by atoms with E-state index in [0.717, 1.165) is 28.3 Å². The summed E-state index contributed by atoms with van der Waals surface area (Å²) in [7, 11) is 1.63. The Hall–Kier alpha value is -3.34. The summed E-state index contributed by atoms with van der Waals surface area (Å²) in [5, 5.41) is 6.26. The van der Waals surface area contributed by atoms with Crippen molar-refractivity contribution in [2.75, 3.05) is 12.4 Å². The molecule has 0 fully saturated rings. The number of pyridine rings is 1. The van der Waals surface area contributed by atoms with Gasteiger partial charge < -0.3 is 15.4 Å². The van der Waals surface area contributed by atoms with Crippen LogP contribution in [0, 0.1) is 13.8 Å². The standard InChI is InChI=1S/C22H23N3O2/c1-15-4-5-16(2)21(10-15)25-19-11-18(13-23-14-19)22(26)24-12-17-6-8-20(27-3)9-7-17/h4-11,13-14,25H,12H2,1-3H3,(H,24,26). The number of nitrogens with zero attached hydrogens (tertiary/aromatic N) is 1. The quantitative estimate of drug-likeness (QED) is 0.684. The van der Waals surface area contributed by atoms with Crippen molar-refractivity contribution in [2.24, 2.45) is 0 Å². The summed E-state index contributed by atoms with van der Waals surface area (Å²) >= 11 is 0. The largest absolute Gasteiger partial charge is 0.497 e. The summed E-state index contributed by atoms with van der Waals surface area (Å²) in [6.45, 7) is 4.53. The number of hydrogen-bond acceptors (Lipinski definition) is 4. The van der Waals surface area contributed by atoms with Crippen molar-refractivity contribution in [1.29, 1.82) is 0 Å². The molecule has 138 valence electrons. The minimum Gasteiger partial charge on any atom is -0.497 e. The zero-order chi connectivity index (χ0) is 19.2. The predicted octanol–water partition coefficient (Wildman–Crippen LogP) is 4.38. The maximum atomic E-state index is 12.5. The zero-order valence-electron chi connectivity index (χ0n) is 15.7. The van der Waals surface area contributed by atoms with Crippen molar-refractivity contribution in [3.63, 3.8) is 0 Å². The van der Waals surface area contributed by atoms with Gasteiger partial charge in [-0.1, -0.05) is 24.3 Å². The number of aryl methyl sites for hydroxylation is 2. The van der Waals surface area contributed by atoms with E-state index in [4.69, 9.17) is 4.74 Å². The topological polar surface area (TPSA) is 63.2 Å². The molecule has 0 saturated heterocycles. The van der Waals surface area contributed by atoms with E-state index in [1.54, 1.807) is 25.6 Å². The van der Waals surface area contributed by atoms with Crippen molar-refractivity contribution < 1.29 is 9.53 Å². The molecule has 0 spiro atoms. The molecule has 0 radical (unpaired) electrons. The number of rotatable bonds is 6. The molecule has 0 aliphatic heterocycles. The first kappa shape index (κ1) is 18.5. The highest BCUT2D eigenvalue weighted by atomic mass is 16.5. The van der Waals surface area contributed by atoms with E-state index in [9.17, 15) is 4.79 Å². The van der Waals surface area contributed by atoms with Gasteiger partial charge in [-0.2, -0.15) is 0 Å².